The number of thioether (sulfide) groups is 1. The van der Waals surface area contributed by atoms with Crippen molar-refractivity contribution in [2.45, 2.75) is 37.1 Å². The number of nitrogens with zero attached hydrogens (tertiary/aromatic N) is 2. The van der Waals surface area contributed by atoms with E-state index in [1.165, 1.54) is 11.8 Å². The molecule has 5 heteroatoms. The van der Waals surface area contributed by atoms with E-state index in [2.05, 4.69) is 29.1 Å². The smallest absolute Gasteiger partial charge is 0.233 e. The number of amides is 1. The van der Waals surface area contributed by atoms with E-state index in [0.717, 1.165) is 10.7 Å². The van der Waals surface area contributed by atoms with Gasteiger partial charge in [-0.1, -0.05) is 37.7 Å². The van der Waals surface area contributed by atoms with Crippen LogP contribution in [-0.2, 0) is 4.79 Å². The maximum atomic E-state index is 12.4. The van der Waals surface area contributed by atoms with E-state index < -0.39 is 0 Å². The van der Waals surface area contributed by atoms with Gasteiger partial charge in [0.05, 0.1) is 22.0 Å². The summed E-state index contributed by atoms with van der Waals surface area (Å²) in [5, 5.41) is 3.75. The lowest BCUT2D eigenvalue weighted by Gasteiger charge is -2.23. The fourth-order valence-corrected chi connectivity index (χ4v) is 2.88. The lowest BCUT2D eigenvalue weighted by molar-refractivity contribution is -0.121. The molecule has 2 aromatic heterocycles. The number of aromatic nitrogens is 2. The third-order valence-electron chi connectivity index (χ3n) is 3.28. The number of nitrogens with one attached hydrogen (secondary N) is 1. The molecule has 1 amide bonds. The maximum Gasteiger partial charge on any atom is 0.233 e. The molecular weight excluding hydrogens is 294 g/mol. The average molecular weight is 315 g/mol. The van der Waals surface area contributed by atoms with E-state index >= 15 is 0 Å². The van der Waals surface area contributed by atoms with Crippen LogP contribution in [0.15, 0.2) is 53.8 Å². The summed E-state index contributed by atoms with van der Waals surface area (Å²) in [6.07, 6.45) is 3.49. The van der Waals surface area contributed by atoms with E-state index in [9.17, 15) is 4.79 Å². The highest BCUT2D eigenvalue weighted by atomic mass is 32.2. The van der Waals surface area contributed by atoms with Crippen LogP contribution in [0.5, 0.6) is 0 Å². The third kappa shape index (κ3) is 4.56. The molecule has 2 heterocycles. The molecule has 0 saturated heterocycles. The first-order chi connectivity index (χ1) is 10.6. The second-order valence-electron chi connectivity index (χ2n) is 5.41. The Morgan fingerprint density at radius 3 is 2.27 bits per heavy atom. The Morgan fingerprint density at radius 1 is 1.05 bits per heavy atom. The minimum absolute atomic E-state index is 0.00000567. The summed E-state index contributed by atoms with van der Waals surface area (Å²) in [4.78, 5) is 21.1. The molecule has 0 aliphatic rings. The van der Waals surface area contributed by atoms with Crippen molar-refractivity contribution in [1.29, 1.82) is 0 Å². The number of carbonyl (C=O) groups is 1. The molecule has 2 atom stereocenters. The quantitative estimate of drug-likeness (QED) is 0.829. The van der Waals surface area contributed by atoms with Gasteiger partial charge in [-0.3, -0.25) is 9.78 Å². The zero-order valence-electron chi connectivity index (χ0n) is 13.1. The van der Waals surface area contributed by atoms with Gasteiger partial charge in [0.2, 0.25) is 5.91 Å². The summed E-state index contributed by atoms with van der Waals surface area (Å²) in [5.74, 6) is 0.269. The van der Waals surface area contributed by atoms with Crippen LogP contribution < -0.4 is 5.32 Å². The highest BCUT2D eigenvalue weighted by molar-refractivity contribution is 8.00. The minimum Gasteiger partial charge on any atom is -0.347 e. The summed E-state index contributed by atoms with van der Waals surface area (Å²) in [6, 6.07) is 11.4. The van der Waals surface area contributed by atoms with E-state index in [1.807, 2.05) is 43.3 Å². The SMILES string of the molecule is CC(C)[C@@H](NC(=O)[C@H](C)Sc1ccccn1)c1ccccn1. The van der Waals surface area contributed by atoms with Gasteiger partial charge in [0.25, 0.3) is 0 Å². The van der Waals surface area contributed by atoms with E-state index in [-0.39, 0.29) is 23.1 Å². The second kappa shape index (κ2) is 7.94. The summed E-state index contributed by atoms with van der Waals surface area (Å²) in [6.45, 7) is 6.05. The van der Waals surface area contributed by atoms with E-state index in [4.69, 9.17) is 0 Å². The molecule has 0 fully saturated rings. The molecule has 0 unspecified atom stereocenters. The zero-order chi connectivity index (χ0) is 15.9. The molecule has 0 spiro atoms. The fraction of sp³-hybridized carbons (Fsp3) is 0.353. The Balaban J connectivity index is 2.02. The van der Waals surface area contributed by atoms with Crippen molar-refractivity contribution in [2.75, 3.05) is 0 Å². The van der Waals surface area contributed by atoms with Crippen molar-refractivity contribution in [2.24, 2.45) is 5.92 Å². The molecule has 22 heavy (non-hydrogen) atoms. The van der Waals surface area contributed by atoms with Gasteiger partial charge in [0, 0.05) is 12.4 Å². The molecule has 2 aromatic rings. The van der Waals surface area contributed by atoms with Gasteiger partial charge in [-0.2, -0.15) is 0 Å². The molecule has 4 nitrogen and oxygen atoms in total. The van der Waals surface area contributed by atoms with Crippen molar-refractivity contribution in [3.05, 3.63) is 54.5 Å². The van der Waals surface area contributed by atoms with Crippen LogP contribution in [0, 0.1) is 5.92 Å². The Bertz CT molecular complexity index is 589. The topological polar surface area (TPSA) is 54.9 Å². The third-order valence-corrected chi connectivity index (χ3v) is 4.33. The molecule has 2 rings (SSSR count). The fourth-order valence-electron chi connectivity index (χ4n) is 2.06. The lowest BCUT2D eigenvalue weighted by Crippen LogP contribution is -2.37. The molecule has 116 valence electrons. The van der Waals surface area contributed by atoms with Crippen molar-refractivity contribution < 1.29 is 4.79 Å². The van der Waals surface area contributed by atoms with Crippen LogP contribution in [0.25, 0.3) is 0 Å². The normalized spacial score (nSPS) is 13.6. The van der Waals surface area contributed by atoms with Gasteiger partial charge >= 0.3 is 0 Å². The van der Waals surface area contributed by atoms with Gasteiger partial charge in [0.1, 0.15) is 0 Å². The molecule has 0 saturated carbocycles. The van der Waals surface area contributed by atoms with Crippen LogP contribution in [0.4, 0.5) is 0 Å². The Morgan fingerprint density at radius 2 is 1.73 bits per heavy atom. The van der Waals surface area contributed by atoms with Crippen molar-refractivity contribution in [3.8, 4) is 0 Å². The number of pyridine rings is 2. The van der Waals surface area contributed by atoms with Crippen molar-refractivity contribution >= 4 is 17.7 Å². The zero-order valence-corrected chi connectivity index (χ0v) is 13.9. The molecule has 1 N–H and O–H groups in total. The Labute approximate surface area is 135 Å². The number of carbonyl (C=O) groups excluding carboxylic acids is 1. The average Bonchev–Trinajstić information content (AvgIpc) is 2.53. The molecule has 0 radical (unpaired) electrons. The minimum atomic E-state index is -0.208. The van der Waals surface area contributed by atoms with Crippen LogP contribution in [0.3, 0.4) is 0 Å². The van der Waals surface area contributed by atoms with E-state index in [1.54, 1.807) is 12.4 Å². The molecule has 0 aliphatic heterocycles. The summed E-state index contributed by atoms with van der Waals surface area (Å²) in [7, 11) is 0. The van der Waals surface area contributed by atoms with Gasteiger partial charge in [-0.25, -0.2) is 4.98 Å². The highest BCUT2D eigenvalue weighted by Gasteiger charge is 2.23. The Kier molecular flexibility index (Phi) is 5.95. The summed E-state index contributed by atoms with van der Waals surface area (Å²) >= 11 is 1.46. The molecule has 0 aliphatic carbocycles. The lowest BCUT2D eigenvalue weighted by atomic mass is 10.00. The standard InChI is InChI=1S/C17H21N3OS/c1-12(2)16(14-8-4-6-10-18-14)20-17(21)13(3)22-15-9-5-7-11-19-15/h4-13,16H,1-3H3,(H,20,21)/t13-,16+/m0/s1. The number of hydrogen-bond donors (Lipinski definition) is 1. The van der Waals surface area contributed by atoms with Crippen molar-refractivity contribution in [1.82, 2.24) is 15.3 Å². The predicted molar refractivity (Wildman–Crippen MR) is 89.5 cm³/mol. The van der Waals surface area contributed by atoms with Gasteiger partial charge in [0.15, 0.2) is 0 Å². The van der Waals surface area contributed by atoms with Gasteiger partial charge in [-0.15, -0.1) is 0 Å². The highest BCUT2D eigenvalue weighted by Crippen LogP contribution is 2.24. The maximum absolute atomic E-state index is 12.4. The molecule has 0 aromatic carbocycles. The van der Waals surface area contributed by atoms with Gasteiger partial charge in [-0.05, 0) is 37.1 Å². The van der Waals surface area contributed by atoms with Crippen LogP contribution in [-0.4, -0.2) is 21.1 Å². The van der Waals surface area contributed by atoms with Crippen LogP contribution >= 0.6 is 11.8 Å². The first kappa shape index (κ1) is 16.5. The first-order valence-electron chi connectivity index (χ1n) is 7.37. The number of rotatable bonds is 6. The summed E-state index contributed by atoms with van der Waals surface area (Å²) < 4.78 is 0. The Hall–Kier alpha value is -1.88. The first-order valence-corrected chi connectivity index (χ1v) is 8.25. The van der Waals surface area contributed by atoms with Crippen LogP contribution in [0.2, 0.25) is 0 Å². The summed E-state index contributed by atoms with van der Waals surface area (Å²) in [5.41, 5.74) is 0.890. The van der Waals surface area contributed by atoms with Crippen LogP contribution in [0.1, 0.15) is 32.5 Å². The van der Waals surface area contributed by atoms with E-state index in [0.29, 0.717) is 0 Å². The molecular formula is C17H21N3OS. The largest absolute Gasteiger partial charge is 0.347 e. The van der Waals surface area contributed by atoms with Crippen molar-refractivity contribution in [3.63, 3.8) is 0 Å². The van der Waals surface area contributed by atoms with Gasteiger partial charge < -0.3 is 5.32 Å². The molecule has 0 bridgehead atoms. The monoisotopic (exact) mass is 315 g/mol. The second-order valence-corrected chi connectivity index (χ2v) is 6.77. The number of hydrogen-bond acceptors (Lipinski definition) is 4. The predicted octanol–water partition coefficient (Wildman–Crippen LogP) is 3.47.